The molecular formula is C13H20N2O2. The second-order valence-corrected chi connectivity index (χ2v) is 3.75. The molecule has 2 N–H and O–H groups in total. The molecule has 4 heteroatoms. The SMILES string of the molecule is CCC(=O)Nc1ccc(NCCCOC)cc1. The molecule has 0 spiro atoms. The maximum absolute atomic E-state index is 11.2. The lowest BCUT2D eigenvalue weighted by Gasteiger charge is -2.07. The van der Waals surface area contributed by atoms with Crippen LogP contribution in [-0.4, -0.2) is 26.2 Å². The lowest BCUT2D eigenvalue weighted by atomic mass is 10.2. The molecule has 0 saturated heterocycles. The van der Waals surface area contributed by atoms with Crippen molar-refractivity contribution < 1.29 is 9.53 Å². The second kappa shape index (κ2) is 7.68. The van der Waals surface area contributed by atoms with Crippen LogP contribution in [0.25, 0.3) is 0 Å². The lowest BCUT2D eigenvalue weighted by molar-refractivity contribution is -0.115. The molecule has 1 aromatic carbocycles. The van der Waals surface area contributed by atoms with E-state index in [-0.39, 0.29) is 5.91 Å². The summed E-state index contributed by atoms with van der Waals surface area (Å²) in [6, 6.07) is 7.70. The van der Waals surface area contributed by atoms with Crippen LogP contribution in [-0.2, 0) is 9.53 Å². The van der Waals surface area contributed by atoms with Gasteiger partial charge >= 0.3 is 0 Å². The first-order chi connectivity index (χ1) is 8.26. The van der Waals surface area contributed by atoms with Gasteiger partial charge in [0.05, 0.1) is 0 Å². The molecule has 0 saturated carbocycles. The van der Waals surface area contributed by atoms with Crippen molar-refractivity contribution in [1.29, 1.82) is 0 Å². The Kier molecular flexibility index (Phi) is 6.10. The maximum Gasteiger partial charge on any atom is 0.224 e. The molecule has 94 valence electrons. The molecule has 0 aliphatic carbocycles. The van der Waals surface area contributed by atoms with Crippen molar-refractivity contribution in [2.45, 2.75) is 19.8 Å². The van der Waals surface area contributed by atoms with Crippen LogP contribution in [0.5, 0.6) is 0 Å². The molecule has 0 aliphatic rings. The van der Waals surface area contributed by atoms with E-state index in [9.17, 15) is 4.79 Å². The van der Waals surface area contributed by atoms with Gasteiger partial charge in [-0.1, -0.05) is 6.92 Å². The Hall–Kier alpha value is -1.55. The average Bonchev–Trinajstić information content (AvgIpc) is 2.36. The van der Waals surface area contributed by atoms with Gasteiger partial charge in [0.2, 0.25) is 5.91 Å². The number of amides is 1. The molecular weight excluding hydrogens is 216 g/mol. The minimum absolute atomic E-state index is 0.0332. The molecule has 0 aliphatic heterocycles. The summed E-state index contributed by atoms with van der Waals surface area (Å²) in [4.78, 5) is 11.2. The van der Waals surface area contributed by atoms with Crippen molar-refractivity contribution in [3.8, 4) is 0 Å². The van der Waals surface area contributed by atoms with Gasteiger partial charge < -0.3 is 15.4 Å². The largest absolute Gasteiger partial charge is 0.385 e. The van der Waals surface area contributed by atoms with Gasteiger partial charge in [0, 0.05) is 38.1 Å². The van der Waals surface area contributed by atoms with Crippen molar-refractivity contribution in [2.75, 3.05) is 30.9 Å². The zero-order chi connectivity index (χ0) is 12.5. The lowest BCUT2D eigenvalue weighted by Crippen LogP contribution is -2.09. The fraction of sp³-hybridized carbons (Fsp3) is 0.462. The number of ether oxygens (including phenoxy) is 1. The third-order valence-corrected chi connectivity index (χ3v) is 2.34. The fourth-order valence-corrected chi connectivity index (χ4v) is 1.37. The maximum atomic E-state index is 11.2. The molecule has 0 heterocycles. The van der Waals surface area contributed by atoms with E-state index in [1.54, 1.807) is 7.11 Å². The molecule has 0 atom stereocenters. The van der Waals surface area contributed by atoms with Crippen LogP contribution in [0.4, 0.5) is 11.4 Å². The van der Waals surface area contributed by atoms with Crippen molar-refractivity contribution in [1.82, 2.24) is 0 Å². The van der Waals surface area contributed by atoms with E-state index in [1.165, 1.54) is 0 Å². The monoisotopic (exact) mass is 236 g/mol. The van der Waals surface area contributed by atoms with E-state index >= 15 is 0 Å². The zero-order valence-electron chi connectivity index (χ0n) is 10.5. The van der Waals surface area contributed by atoms with Crippen LogP contribution in [0.1, 0.15) is 19.8 Å². The first kappa shape index (κ1) is 13.5. The van der Waals surface area contributed by atoms with Gasteiger partial charge in [-0.05, 0) is 30.7 Å². The molecule has 0 radical (unpaired) electrons. The highest BCUT2D eigenvalue weighted by atomic mass is 16.5. The summed E-state index contributed by atoms with van der Waals surface area (Å²) in [5.74, 6) is 0.0332. The highest BCUT2D eigenvalue weighted by Gasteiger charge is 1.98. The van der Waals surface area contributed by atoms with Crippen LogP contribution in [0.2, 0.25) is 0 Å². The van der Waals surface area contributed by atoms with Gasteiger partial charge in [0.1, 0.15) is 0 Å². The molecule has 17 heavy (non-hydrogen) atoms. The van der Waals surface area contributed by atoms with E-state index in [0.717, 1.165) is 30.9 Å². The van der Waals surface area contributed by atoms with Gasteiger partial charge in [0.25, 0.3) is 0 Å². The van der Waals surface area contributed by atoms with Gasteiger partial charge in [-0.2, -0.15) is 0 Å². The van der Waals surface area contributed by atoms with Crippen LogP contribution in [0, 0.1) is 0 Å². The summed E-state index contributed by atoms with van der Waals surface area (Å²) < 4.78 is 4.97. The predicted octanol–water partition coefficient (Wildman–Crippen LogP) is 2.48. The normalized spacial score (nSPS) is 10.0. The van der Waals surface area contributed by atoms with Crippen LogP contribution >= 0.6 is 0 Å². The van der Waals surface area contributed by atoms with Crippen molar-refractivity contribution >= 4 is 17.3 Å². The van der Waals surface area contributed by atoms with Crippen LogP contribution in [0.3, 0.4) is 0 Å². The molecule has 1 aromatic rings. The summed E-state index contributed by atoms with van der Waals surface area (Å²) >= 11 is 0. The van der Waals surface area contributed by atoms with Crippen LogP contribution < -0.4 is 10.6 Å². The fourth-order valence-electron chi connectivity index (χ4n) is 1.37. The Balaban J connectivity index is 2.36. The highest BCUT2D eigenvalue weighted by molar-refractivity contribution is 5.90. The molecule has 1 amide bonds. The summed E-state index contributed by atoms with van der Waals surface area (Å²) in [7, 11) is 1.70. The van der Waals surface area contributed by atoms with Crippen LogP contribution in [0.15, 0.2) is 24.3 Å². The number of nitrogens with one attached hydrogen (secondary N) is 2. The molecule has 0 fully saturated rings. The topological polar surface area (TPSA) is 50.4 Å². The molecule has 1 rings (SSSR count). The average molecular weight is 236 g/mol. The van der Waals surface area contributed by atoms with E-state index in [4.69, 9.17) is 4.74 Å². The first-order valence-electron chi connectivity index (χ1n) is 5.89. The van der Waals surface area contributed by atoms with E-state index in [1.807, 2.05) is 31.2 Å². The van der Waals surface area contributed by atoms with E-state index in [0.29, 0.717) is 6.42 Å². The summed E-state index contributed by atoms with van der Waals surface area (Å²) in [5, 5.41) is 6.09. The first-order valence-corrected chi connectivity index (χ1v) is 5.89. The van der Waals surface area contributed by atoms with Gasteiger partial charge in [-0.25, -0.2) is 0 Å². The Morgan fingerprint density at radius 3 is 2.47 bits per heavy atom. The Morgan fingerprint density at radius 2 is 1.88 bits per heavy atom. The Bertz CT molecular complexity index is 336. The number of benzene rings is 1. The number of rotatable bonds is 7. The number of methoxy groups -OCH3 is 1. The molecule has 0 unspecified atom stereocenters. The van der Waals surface area contributed by atoms with E-state index < -0.39 is 0 Å². The van der Waals surface area contributed by atoms with E-state index in [2.05, 4.69) is 10.6 Å². The number of anilines is 2. The third kappa shape index (κ3) is 5.36. The number of carbonyl (C=O) groups is 1. The quantitative estimate of drug-likeness (QED) is 0.715. The summed E-state index contributed by atoms with van der Waals surface area (Å²) in [5.41, 5.74) is 1.88. The smallest absolute Gasteiger partial charge is 0.224 e. The van der Waals surface area contributed by atoms with Crippen molar-refractivity contribution in [2.24, 2.45) is 0 Å². The molecule has 4 nitrogen and oxygen atoms in total. The highest BCUT2D eigenvalue weighted by Crippen LogP contribution is 2.13. The second-order valence-electron chi connectivity index (χ2n) is 3.75. The number of hydrogen-bond donors (Lipinski definition) is 2. The standard InChI is InChI=1S/C13H20N2O2/c1-3-13(16)15-12-7-5-11(6-8-12)14-9-4-10-17-2/h5-8,14H,3-4,9-10H2,1-2H3,(H,15,16). The summed E-state index contributed by atoms with van der Waals surface area (Å²) in [6.07, 6.45) is 1.47. The Morgan fingerprint density at radius 1 is 1.24 bits per heavy atom. The van der Waals surface area contributed by atoms with Gasteiger partial charge in [-0.3, -0.25) is 4.79 Å². The predicted molar refractivity (Wildman–Crippen MR) is 70.3 cm³/mol. The van der Waals surface area contributed by atoms with Gasteiger partial charge in [-0.15, -0.1) is 0 Å². The molecule has 0 aromatic heterocycles. The van der Waals surface area contributed by atoms with Crippen molar-refractivity contribution in [3.63, 3.8) is 0 Å². The van der Waals surface area contributed by atoms with Crippen molar-refractivity contribution in [3.05, 3.63) is 24.3 Å². The summed E-state index contributed by atoms with van der Waals surface area (Å²) in [6.45, 7) is 3.48. The Labute approximate surface area is 102 Å². The zero-order valence-corrected chi connectivity index (χ0v) is 10.5. The third-order valence-electron chi connectivity index (χ3n) is 2.34. The minimum atomic E-state index is 0.0332. The number of carbonyl (C=O) groups excluding carboxylic acids is 1. The minimum Gasteiger partial charge on any atom is -0.385 e. The number of hydrogen-bond acceptors (Lipinski definition) is 3. The molecule has 0 bridgehead atoms. The van der Waals surface area contributed by atoms with Gasteiger partial charge in [0.15, 0.2) is 0 Å².